The predicted octanol–water partition coefficient (Wildman–Crippen LogP) is -1.17. The topological polar surface area (TPSA) is 94.5 Å². The van der Waals surface area contributed by atoms with Crippen LogP contribution in [0, 0.1) is 0 Å². The van der Waals surface area contributed by atoms with Crippen molar-refractivity contribution < 1.29 is 26.5 Å². The van der Waals surface area contributed by atoms with Crippen LogP contribution in [0.2, 0.25) is 0 Å². The quantitative estimate of drug-likeness (QED) is 0.393. The summed E-state index contributed by atoms with van der Waals surface area (Å²) in [4.78, 5) is 0. The molecule has 0 spiro atoms. The molecule has 0 heterocycles. The Labute approximate surface area is 50.6 Å². The first-order valence-electron chi connectivity index (χ1n) is 0.756. The Kier molecular flexibility index (Phi) is 22.2. The molecule has 0 saturated heterocycles. The van der Waals surface area contributed by atoms with E-state index in [1.165, 1.54) is 0 Å². The summed E-state index contributed by atoms with van der Waals surface area (Å²) < 4.78 is 39.6. The Morgan fingerprint density at radius 3 is 0.625 bits per heavy atom. The summed E-state index contributed by atoms with van der Waals surface area (Å²) >= 11 is -7.28. The first-order chi connectivity index (χ1) is 2.00. The SMILES string of the molecule is O.O.O.[F][Pb]([F])([F])[F]. The summed E-state index contributed by atoms with van der Waals surface area (Å²) in [6, 6.07) is 0. The van der Waals surface area contributed by atoms with Gasteiger partial charge in [0.05, 0.1) is 0 Å². The summed E-state index contributed by atoms with van der Waals surface area (Å²) in [6.45, 7) is 0. The van der Waals surface area contributed by atoms with Gasteiger partial charge in [-0.25, -0.2) is 0 Å². The zero-order valence-electron chi connectivity index (χ0n) is 3.51. The average Bonchev–Trinajstić information content (AvgIpc) is 0.722. The van der Waals surface area contributed by atoms with Gasteiger partial charge in [-0.1, -0.05) is 0 Å². The van der Waals surface area contributed by atoms with Gasteiger partial charge in [-0.15, -0.1) is 0 Å². The van der Waals surface area contributed by atoms with E-state index in [2.05, 4.69) is 0 Å². The fraction of sp³-hybridized carbons (Fsp3) is 0. The normalized spacial score (nSPS) is 7.50. The Morgan fingerprint density at radius 2 is 0.625 bits per heavy atom. The molecule has 6 N–H and O–H groups in total. The summed E-state index contributed by atoms with van der Waals surface area (Å²) in [5.41, 5.74) is 0. The van der Waals surface area contributed by atoms with Crippen molar-refractivity contribution in [3.63, 3.8) is 0 Å². The van der Waals surface area contributed by atoms with Crippen molar-refractivity contribution in [3.8, 4) is 0 Å². The van der Waals surface area contributed by atoms with E-state index in [4.69, 9.17) is 0 Å². The van der Waals surface area contributed by atoms with Gasteiger partial charge in [0.25, 0.3) is 0 Å². The van der Waals surface area contributed by atoms with Crippen molar-refractivity contribution in [2.24, 2.45) is 0 Å². The third kappa shape index (κ3) is 730. The second kappa shape index (κ2) is 7.52. The molecule has 0 radical (unpaired) electrons. The molecule has 0 unspecified atom stereocenters. The molecule has 0 aromatic carbocycles. The van der Waals surface area contributed by atoms with Crippen molar-refractivity contribution >= 4 is 23.7 Å². The van der Waals surface area contributed by atoms with Crippen molar-refractivity contribution in [1.82, 2.24) is 0 Å². The summed E-state index contributed by atoms with van der Waals surface area (Å²) in [7, 11) is 0. The first-order valence-corrected chi connectivity index (χ1v) is 6.63. The summed E-state index contributed by atoms with van der Waals surface area (Å²) in [5.74, 6) is 0. The van der Waals surface area contributed by atoms with Gasteiger partial charge < -0.3 is 16.4 Å². The molecule has 0 saturated carbocycles. The predicted molar refractivity (Wildman–Crippen MR) is 21.0 cm³/mol. The van der Waals surface area contributed by atoms with Gasteiger partial charge in [0.1, 0.15) is 0 Å². The third-order valence-corrected chi connectivity index (χ3v) is 0. The van der Waals surface area contributed by atoms with Crippen molar-refractivity contribution in [2.75, 3.05) is 0 Å². The van der Waals surface area contributed by atoms with Crippen LogP contribution in [0.25, 0.3) is 0 Å². The minimum absolute atomic E-state index is 0. The molecule has 8 heteroatoms. The van der Waals surface area contributed by atoms with Gasteiger partial charge in [0, 0.05) is 0 Å². The molecular weight excluding hydrogens is 331 g/mol. The van der Waals surface area contributed by atoms with E-state index in [1.54, 1.807) is 0 Å². The van der Waals surface area contributed by atoms with E-state index in [0.29, 0.717) is 0 Å². The fourth-order valence-corrected chi connectivity index (χ4v) is 0. The van der Waals surface area contributed by atoms with Crippen LogP contribution >= 0.6 is 0 Å². The molecule has 0 atom stereocenters. The Hall–Kier alpha value is 0.522. The van der Waals surface area contributed by atoms with Crippen LogP contribution in [-0.4, -0.2) is 40.1 Å². The van der Waals surface area contributed by atoms with Crippen LogP contribution in [0.3, 0.4) is 0 Å². The molecular formula is H6F4O3Pb. The van der Waals surface area contributed by atoms with E-state index < -0.39 is 23.7 Å². The molecule has 0 amide bonds. The molecule has 0 bridgehead atoms. The van der Waals surface area contributed by atoms with E-state index >= 15 is 0 Å². The van der Waals surface area contributed by atoms with E-state index in [1.807, 2.05) is 0 Å². The molecule has 0 fully saturated rings. The Bertz CT molecular complexity index is 26.8. The maximum absolute atomic E-state index is 9.91. The van der Waals surface area contributed by atoms with Crippen molar-refractivity contribution in [3.05, 3.63) is 0 Å². The molecule has 56 valence electrons. The van der Waals surface area contributed by atoms with Gasteiger partial charge in [0.15, 0.2) is 0 Å². The number of hydrogen-bond acceptors (Lipinski definition) is 0. The molecule has 0 aromatic heterocycles. The molecule has 3 nitrogen and oxygen atoms in total. The van der Waals surface area contributed by atoms with Crippen molar-refractivity contribution in [2.45, 2.75) is 0 Å². The molecule has 8 heavy (non-hydrogen) atoms. The van der Waals surface area contributed by atoms with Gasteiger partial charge in [-0.2, -0.15) is 0 Å². The van der Waals surface area contributed by atoms with E-state index in [9.17, 15) is 10.0 Å². The van der Waals surface area contributed by atoms with Crippen LogP contribution in [0.1, 0.15) is 0 Å². The van der Waals surface area contributed by atoms with Gasteiger partial charge >= 0.3 is 33.7 Å². The standard InChI is InChI=1S/4FH.3H2O.Pb/h4*1H;3*1H2;/q;;;;;;;+4/p-4. The summed E-state index contributed by atoms with van der Waals surface area (Å²) in [5, 5.41) is 0. The van der Waals surface area contributed by atoms with Gasteiger partial charge in [-0.05, 0) is 0 Å². The molecule has 0 aliphatic heterocycles. The average molecular weight is 337 g/mol. The van der Waals surface area contributed by atoms with Gasteiger partial charge in [-0.3, -0.25) is 0 Å². The minimum atomic E-state index is -7.28. The fourth-order valence-electron chi connectivity index (χ4n) is 0. The molecule has 0 aliphatic carbocycles. The zero-order valence-corrected chi connectivity index (χ0v) is 7.40. The molecule has 0 rings (SSSR count). The zero-order chi connectivity index (χ0) is 4.50. The van der Waals surface area contributed by atoms with Crippen LogP contribution in [0.5, 0.6) is 0 Å². The number of hydrogen-bond donors (Lipinski definition) is 0. The van der Waals surface area contributed by atoms with Gasteiger partial charge in [0.2, 0.25) is 0 Å². The maximum atomic E-state index is 9.91. The second-order valence-electron chi connectivity index (χ2n) is 0.429. The Morgan fingerprint density at radius 1 is 0.625 bits per heavy atom. The van der Waals surface area contributed by atoms with E-state index in [0.717, 1.165) is 0 Å². The number of halogens is 4. The van der Waals surface area contributed by atoms with Crippen LogP contribution in [-0.2, 0) is 0 Å². The first kappa shape index (κ1) is 23.6. The molecule has 0 aliphatic rings. The van der Waals surface area contributed by atoms with Crippen LogP contribution in [0.4, 0.5) is 10.0 Å². The van der Waals surface area contributed by atoms with Crippen LogP contribution < -0.4 is 0 Å². The Balaban J connectivity index is -0.0000000267. The van der Waals surface area contributed by atoms with Crippen molar-refractivity contribution in [1.29, 1.82) is 0 Å². The monoisotopic (exact) mass is 338 g/mol. The second-order valence-corrected chi connectivity index (χ2v) is 3.76. The van der Waals surface area contributed by atoms with E-state index in [-0.39, 0.29) is 16.4 Å². The number of rotatable bonds is 0. The van der Waals surface area contributed by atoms with Crippen LogP contribution in [0.15, 0.2) is 0 Å². The summed E-state index contributed by atoms with van der Waals surface area (Å²) in [6.07, 6.45) is 0. The molecule has 0 aromatic rings. The third-order valence-electron chi connectivity index (χ3n) is 0.